The van der Waals surface area contributed by atoms with E-state index in [1.54, 1.807) is 23.1 Å². The summed E-state index contributed by atoms with van der Waals surface area (Å²) in [4.78, 5) is 16.8. The van der Waals surface area contributed by atoms with Crippen LogP contribution < -0.4 is 5.73 Å². The molecule has 3 N–H and O–H groups in total. The van der Waals surface area contributed by atoms with E-state index in [0.717, 1.165) is 30.4 Å². The second-order valence-electron chi connectivity index (χ2n) is 5.53. The first-order valence-corrected chi connectivity index (χ1v) is 7.97. The van der Waals surface area contributed by atoms with Crippen LogP contribution in [0.5, 0.6) is 0 Å². The van der Waals surface area contributed by atoms with Gasteiger partial charge in [-0.3, -0.25) is 4.79 Å². The Morgan fingerprint density at radius 1 is 1.43 bits per heavy atom. The zero-order valence-corrected chi connectivity index (χ0v) is 13.8. The predicted molar refractivity (Wildman–Crippen MR) is 87.2 cm³/mol. The fourth-order valence-corrected chi connectivity index (χ4v) is 3.28. The number of hydrogen-bond donors (Lipinski definition) is 2. The highest BCUT2D eigenvalue weighted by Gasteiger charge is 2.27. The standard InChI is InChI=1S/C15H22BrN3O2/c1-18-4-2-14(3-5-18)19(6-7-20)15(21)11-8-12(16)10-13(17)9-11/h8-10,14,20H,2-7,17H2,1H3. The highest BCUT2D eigenvalue weighted by Crippen LogP contribution is 2.22. The Labute approximate surface area is 133 Å². The molecule has 1 saturated heterocycles. The molecule has 116 valence electrons. The van der Waals surface area contributed by atoms with E-state index in [2.05, 4.69) is 27.9 Å². The van der Waals surface area contributed by atoms with Crippen molar-refractivity contribution in [3.63, 3.8) is 0 Å². The molecular formula is C15H22BrN3O2. The average Bonchev–Trinajstić information content (AvgIpc) is 2.44. The molecule has 5 nitrogen and oxygen atoms in total. The lowest BCUT2D eigenvalue weighted by molar-refractivity contribution is 0.0540. The van der Waals surface area contributed by atoms with E-state index >= 15 is 0 Å². The minimum atomic E-state index is -0.0633. The number of aliphatic hydroxyl groups is 1. The average molecular weight is 356 g/mol. The van der Waals surface area contributed by atoms with Crippen molar-refractivity contribution in [3.05, 3.63) is 28.2 Å². The molecule has 0 spiro atoms. The Balaban J connectivity index is 2.18. The molecule has 0 aromatic heterocycles. The van der Waals surface area contributed by atoms with Gasteiger partial charge in [0.15, 0.2) is 0 Å². The summed E-state index contributed by atoms with van der Waals surface area (Å²) in [7, 11) is 2.09. The van der Waals surface area contributed by atoms with Crippen LogP contribution in [0.2, 0.25) is 0 Å². The van der Waals surface area contributed by atoms with E-state index < -0.39 is 0 Å². The molecule has 1 amide bonds. The number of carbonyl (C=O) groups is 1. The maximum Gasteiger partial charge on any atom is 0.254 e. The predicted octanol–water partition coefficient (Wildman–Crippen LogP) is 1.56. The molecular weight excluding hydrogens is 334 g/mol. The van der Waals surface area contributed by atoms with Gasteiger partial charge in [0, 0.05) is 28.3 Å². The first kappa shape index (κ1) is 16.3. The number of likely N-dealkylation sites (tertiary alicyclic amines) is 1. The van der Waals surface area contributed by atoms with Crippen LogP contribution in [0.1, 0.15) is 23.2 Å². The summed E-state index contributed by atoms with van der Waals surface area (Å²) in [5.74, 6) is -0.0633. The monoisotopic (exact) mass is 355 g/mol. The Hall–Kier alpha value is -1.11. The summed E-state index contributed by atoms with van der Waals surface area (Å²) in [6, 6.07) is 5.41. The summed E-state index contributed by atoms with van der Waals surface area (Å²) in [6.45, 7) is 2.28. The number of anilines is 1. The lowest BCUT2D eigenvalue weighted by atomic mass is 10.0. The highest BCUT2D eigenvalue weighted by atomic mass is 79.9. The normalized spacial score (nSPS) is 16.9. The number of carbonyl (C=O) groups excluding carboxylic acids is 1. The topological polar surface area (TPSA) is 69.8 Å². The fourth-order valence-electron chi connectivity index (χ4n) is 2.77. The summed E-state index contributed by atoms with van der Waals surface area (Å²) < 4.78 is 0.790. The maximum absolute atomic E-state index is 12.7. The summed E-state index contributed by atoms with van der Waals surface area (Å²) in [6.07, 6.45) is 1.87. The SMILES string of the molecule is CN1CCC(N(CCO)C(=O)c2cc(N)cc(Br)c2)CC1. The molecule has 0 radical (unpaired) electrons. The van der Waals surface area contributed by atoms with E-state index in [4.69, 9.17) is 5.73 Å². The molecule has 6 heteroatoms. The van der Waals surface area contributed by atoms with Crippen LogP contribution in [0.4, 0.5) is 5.69 Å². The lowest BCUT2D eigenvalue weighted by Crippen LogP contribution is -2.47. The largest absolute Gasteiger partial charge is 0.399 e. The second-order valence-corrected chi connectivity index (χ2v) is 6.45. The molecule has 2 rings (SSSR count). The molecule has 21 heavy (non-hydrogen) atoms. The van der Waals surface area contributed by atoms with Crippen molar-refractivity contribution >= 4 is 27.5 Å². The van der Waals surface area contributed by atoms with Crippen molar-refractivity contribution in [1.29, 1.82) is 0 Å². The van der Waals surface area contributed by atoms with Crippen molar-refractivity contribution < 1.29 is 9.90 Å². The van der Waals surface area contributed by atoms with Gasteiger partial charge in [-0.2, -0.15) is 0 Å². The zero-order chi connectivity index (χ0) is 15.4. The van der Waals surface area contributed by atoms with E-state index in [1.165, 1.54) is 0 Å². The molecule has 0 saturated carbocycles. The van der Waals surface area contributed by atoms with Gasteiger partial charge in [0.25, 0.3) is 5.91 Å². The maximum atomic E-state index is 12.7. The van der Waals surface area contributed by atoms with Crippen molar-refractivity contribution in [3.8, 4) is 0 Å². The first-order chi connectivity index (χ1) is 10.0. The molecule has 1 aliphatic rings. The number of aliphatic hydroxyl groups excluding tert-OH is 1. The van der Waals surface area contributed by atoms with E-state index in [-0.39, 0.29) is 18.6 Å². The van der Waals surface area contributed by atoms with Gasteiger partial charge < -0.3 is 20.6 Å². The number of nitrogens with zero attached hydrogens (tertiary/aromatic N) is 2. The van der Waals surface area contributed by atoms with Crippen LogP contribution in [-0.4, -0.2) is 60.1 Å². The Morgan fingerprint density at radius 3 is 2.67 bits per heavy atom. The lowest BCUT2D eigenvalue weighted by Gasteiger charge is -2.37. The molecule has 0 unspecified atom stereocenters. The van der Waals surface area contributed by atoms with Gasteiger partial charge in [0.2, 0.25) is 0 Å². The number of benzene rings is 1. The number of hydrogen-bond acceptors (Lipinski definition) is 4. The smallest absolute Gasteiger partial charge is 0.254 e. The number of amides is 1. The van der Waals surface area contributed by atoms with Crippen LogP contribution in [0.3, 0.4) is 0 Å². The minimum Gasteiger partial charge on any atom is -0.399 e. The first-order valence-electron chi connectivity index (χ1n) is 7.17. The van der Waals surface area contributed by atoms with Crippen molar-refractivity contribution in [2.75, 3.05) is 39.0 Å². The van der Waals surface area contributed by atoms with E-state index in [1.807, 2.05) is 0 Å². The van der Waals surface area contributed by atoms with Gasteiger partial charge in [0.1, 0.15) is 0 Å². The fraction of sp³-hybridized carbons (Fsp3) is 0.533. The number of halogens is 1. The molecule has 1 heterocycles. The van der Waals surface area contributed by atoms with E-state index in [9.17, 15) is 9.90 Å². The summed E-state index contributed by atoms with van der Waals surface area (Å²) in [5, 5.41) is 9.29. The summed E-state index contributed by atoms with van der Waals surface area (Å²) in [5.41, 5.74) is 6.93. The third-order valence-corrected chi connectivity index (χ3v) is 4.36. The van der Waals surface area contributed by atoms with Crippen LogP contribution in [0.15, 0.2) is 22.7 Å². The molecule has 0 aliphatic carbocycles. The summed E-state index contributed by atoms with van der Waals surface area (Å²) >= 11 is 3.37. The van der Waals surface area contributed by atoms with Crippen LogP contribution >= 0.6 is 15.9 Å². The van der Waals surface area contributed by atoms with Crippen molar-refractivity contribution in [1.82, 2.24) is 9.80 Å². The second kappa shape index (κ2) is 7.24. The van der Waals surface area contributed by atoms with Gasteiger partial charge in [-0.05, 0) is 51.2 Å². The molecule has 0 bridgehead atoms. The minimum absolute atomic E-state index is 0.0262. The Morgan fingerprint density at radius 2 is 2.10 bits per heavy atom. The van der Waals surface area contributed by atoms with Crippen LogP contribution in [0, 0.1) is 0 Å². The van der Waals surface area contributed by atoms with Gasteiger partial charge >= 0.3 is 0 Å². The van der Waals surface area contributed by atoms with Crippen molar-refractivity contribution in [2.45, 2.75) is 18.9 Å². The van der Waals surface area contributed by atoms with Crippen molar-refractivity contribution in [2.24, 2.45) is 0 Å². The molecule has 1 aromatic carbocycles. The quantitative estimate of drug-likeness (QED) is 0.804. The number of nitrogen functional groups attached to an aromatic ring is 1. The van der Waals surface area contributed by atoms with Gasteiger partial charge in [-0.1, -0.05) is 15.9 Å². The zero-order valence-electron chi connectivity index (χ0n) is 12.3. The van der Waals surface area contributed by atoms with Gasteiger partial charge in [-0.25, -0.2) is 0 Å². The van der Waals surface area contributed by atoms with Crippen LogP contribution in [0.25, 0.3) is 0 Å². The van der Waals surface area contributed by atoms with Gasteiger partial charge in [-0.15, -0.1) is 0 Å². The molecule has 1 aromatic rings. The highest BCUT2D eigenvalue weighted by molar-refractivity contribution is 9.10. The number of nitrogens with two attached hydrogens (primary N) is 1. The Bertz CT molecular complexity index is 481. The molecule has 0 atom stereocenters. The Kier molecular flexibility index (Phi) is 5.61. The van der Waals surface area contributed by atoms with E-state index in [0.29, 0.717) is 17.8 Å². The molecule has 1 fully saturated rings. The number of piperidine rings is 1. The van der Waals surface area contributed by atoms with Crippen LogP contribution in [-0.2, 0) is 0 Å². The molecule has 1 aliphatic heterocycles. The number of rotatable bonds is 4. The third-order valence-electron chi connectivity index (χ3n) is 3.90. The third kappa shape index (κ3) is 4.18. The van der Waals surface area contributed by atoms with Gasteiger partial charge in [0.05, 0.1) is 6.61 Å².